The van der Waals surface area contributed by atoms with Crippen molar-refractivity contribution in [2.45, 2.75) is 44.2 Å². The molecule has 0 saturated carbocycles. The third-order valence-corrected chi connectivity index (χ3v) is 12.8. The third kappa shape index (κ3) is 8.24. The van der Waals surface area contributed by atoms with Gasteiger partial charge in [-0.2, -0.15) is 0 Å². The van der Waals surface area contributed by atoms with Crippen LogP contribution in [0.15, 0.2) is 67.0 Å². The normalized spacial score (nSPS) is 17.8. The molecule has 0 aliphatic carbocycles. The quantitative estimate of drug-likeness (QED) is 0.159. The number of piperazine rings is 1. The van der Waals surface area contributed by atoms with Crippen LogP contribution < -0.4 is 26.2 Å². The number of halogens is 1. The number of hydrogen-bond donors (Lipinski definition) is 4. The minimum atomic E-state index is -1.23. The molecule has 5 N–H and O–H groups in total. The Labute approximate surface area is 367 Å². The van der Waals surface area contributed by atoms with Crippen LogP contribution in [0, 0.1) is 0 Å². The number of piperidine rings is 1. The van der Waals surface area contributed by atoms with Crippen molar-refractivity contribution in [1.82, 2.24) is 39.6 Å². The molecule has 3 fully saturated rings. The highest BCUT2D eigenvalue weighted by Crippen LogP contribution is 2.40. The summed E-state index contributed by atoms with van der Waals surface area (Å²) in [6, 6.07) is 16.3. The van der Waals surface area contributed by atoms with E-state index in [1.165, 1.54) is 15.6 Å². The van der Waals surface area contributed by atoms with Gasteiger partial charge in [-0.1, -0.05) is 29.8 Å². The van der Waals surface area contributed by atoms with Crippen molar-refractivity contribution in [3.05, 3.63) is 94.4 Å². The van der Waals surface area contributed by atoms with Gasteiger partial charge >= 0.3 is 6.03 Å². The SMILES string of the molecule is CNc1cc(N2CCc3c(-c4ccc(CN5CCN(C(=O)CC6(O)CCN(C(=O)c7ccc(Cl)c(N8CCC(=O)NC8=O)c7)CC6)CC5)cn4)cccc32)nn2c(C(N)=O)cnc12. The number of urea groups is 1. The summed E-state index contributed by atoms with van der Waals surface area (Å²) in [6.07, 6.45) is 4.75. The molecule has 2 aromatic carbocycles. The van der Waals surface area contributed by atoms with Gasteiger partial charge in [0, 0.05) is 101 Å². The number of fused-ring (bicyclic) bond motifs is 2. The minimum Gasteiger partial charge on any atom is -0.389 e. The van der Waals surface area contributed by atoms with Crippen molar-refractivity contribution in [3.8, 4) is 11.3 Å². The maximum absolute atomic E-state index is 13.5. The van der Waals surface area contributed by atoms with E-state index in [-0.39, 0.29) is 73.8 Å². The number of primary amides is 1. The van der Waals surface area contributed by atoms with Gasteiger partial charge in [0.25, 0.3) is 11.8 Å². The molecule has 19 heteroatoms. The number of benzene rings is 2. The number of amides is 6. The van der Waals surface area contributed by atoms with Gasteiger partial charge < -0.3 is 30.9 Å². The summed E-state index contributed by atoms with van der Waals surface area (Å²) < 4.78 is 1.49. The molecule has 0 unspecified atom stereocenters. The number of aromatic nitrogens is 4. The van der Waals surface area contributed by atoms with E-state index in [1.807, 2.05) is 29.3 Å². The number of imidazole rings is 1. The molecule has 0 atom stereocenters. The zero-order valence-corrected chi connectivity index (χ0v) is 35.5. The lowest BCUT2D eigenvalue weighted by Gasteiger charge is -2.40. The Hall–Kier alpha value is -6.63. The van der Waals surface area contributed by atoms with Crippen molar-refractivity contribution < 1.29 is 29.1 Å². The van der Waals surface area contributed by atoms with Gasteiger partial charge in [0.2, 0.25) is 11.8 Å². The first-order valence-electron chi connectivity index (χ1n) is 21.0. The summed E-state index contributed by atoms with van der Waals surface area (Å²) in [5, 5.41) is 21.9. The number of anilines is 4. The highest BCUT2D eigenvalue weighted by Gasteiger charge is 2.38. The van der Waals surface area contributed by atoms with Crippen LogP contribution in [0.25, 0.3) is 16.9 Å². The summed E-state index contributed by atoms with van der Waals surface area (Å²) in [5.74, 6) is -0.680. The molecule has 4 aliphatic heterocycles. The van der Waals surface area contributed by atoms with Crippen molar-refractivity contribution in [1.29, 1.82) is 0 Å². The predicted molar refractivity (Wildman–Crippen MR) is 235 cm³/mol. The van der Waals surface area contributed by atoms with E-state index >= 15 is 0 Å². The number of hydrogen-bond acceptors (Lipinski definition) is 12. The van der Waals surface area contributed by atoms with Gasteiger partial charge in [0.1, 0.15) is 5.69 Å². The van der Waals surface area contributed by atoms with Crippen molar-refractivity contribution >= 4 is 69.8 Å². The number of imide groups is 1. The maximum atomic E-state index is 13.5. The standard InChI is InChI=1S/C44H47ClN12O6/c1-47-33-22-37(51-57-36(40(46)60)25-49-41(33)57)55-13-9-30-29(3-2-4-34(30)55)32-8-5-27(24-48-32)26-52-17-19-53(20-18-52)39(59)23-44(63)11-15-54(16-12-44)42(61)28-6-7-31(45)35(21-28)56-14-10-38(58)50-43(56)62/h2-8,21-22,24-25,47,63H,9-20,23,26H2,1H3,(H2,46,60)(H,50,58,62). The number of carbonyl (C=O) groups excluding carboxylic acids is 5. The fourth-order valence-electron chi connectivity index (χ4n) is 8.97. The largest absolute Gasteiger partial charge is 0.389 e. The fourth-order valence-corrected chi connectivity index (χ4v) is 9.19. The topological polar surface area (TPSA) is 215 Å². The summed E-state index contributed by atoms with van der Waals surface area (Å²) in [4.78, 5) is 81.5. The second-order valence-electron chi connectivity index (χ2n) is 16.4. The monoisotopic (exact) mass is 874 g/mol. The molecule has 0 bridgehead atoms. The molecule has 7 heterocycles. The number of pyridine rings is 1. The lowest BCUT2D eigenvalue weighted by molar-refractivity contribution is -0.140. The Balaban J connectivity index is 0.769. The molecule has 3 aromatic heterocycles. The summed E-state index contributed by atoms with van der Waals surface area (Å²) >= 11 is 6.38. The van der Waals surface area contributed by atoms with Crippen LogP contribution in [0.4, 0.5) is 27.7 Å². The highest BCUT2D eigenvalue weighted by atomic mass is 35.5. The van der Waals surface area contributed by atoms with Gasteiger partial charge in [0.05, 0.1) is 40.3 Å². The Bertz CT molecular complexity index is 2640. The van der Waals surface area contributed by atoms with Gasteiger partial charge in [-0.15, -0.1) is 5.10 Å². The van der Waals surface area contributed by atoms with Crippen LogP contribution in [0.5, 0.6) is 0 Å². The predicted octanol–water partition coefficient (Wildman–Crippen LogP) is 3.43. The third-order valence-electron chi connectivity index (χ3n) is 12.5. The summed E-state index contributed by atoms with van der Waals surface area (Å²) in [6.45, 7) is 4.53. The van der Waals surface area contributed by atoms with E-state index < -0.39 is 17.5 Å². The molecule has 0 spiro atoms. The number of likely N-dealkylation sites (tertiary alicyclic amines) is 1. The van der Waals surface area contributed by atoms with E-state index in [0.29, 0.717) is 62.0 Å². The molecule has 5 aromatic rings. The molecule has 3 saturated heterocycles. The zero-order valence-electron chi connectivity index (χ0n) is 34.7. The highest BCUT2D eigenvalue weighted by molar-refractivity contribution is 6.34. The Kier molecular flexibility index (Phi) is 11.2. The van der Waals surface area contributed by atoms with Gasteiger partial charge in [-0.05, 0) is 60.7 Å². The maximum Gasteiger partial charge on any atom is 0.328 e. The van der Waals surface area contributed by atoms with Gasteiger partial charge in [0.15, 0.2) is 11.5 Å². The molecular weight excluding hydrogens is 828 g/mol. The van der Waals surface area contributed by atoms with Gasteiger partial charge in [-0.25, -0.2) is 14.3 Å². The number of aliphatic hydroxyl groups is 1. The van der Waals surface area contributed by atoms with E-state index in [9.17, 15) is 29.1 Å². The molecule has 4 aliphatic rings. The number of nitrogens with one attached hydrogen (secondary N) is 2. The minimum absolute atomic E-state index is 0.0151. The Morgan fingerprint density at radius 1 is 0.873 bits per heavy atom. The second kappa shape index (κ2) is 16.9. The van der Waals surface area contributed by atoms with E-state index in [0.717, 1.165) is 40.2 Å². The van der Waals surface area contributed by atoms with Crippen LogP contribution in [-0.2, 0) is 22.6 Å². The number of nitrogens with two attached hydrogens (primary N) is 1. The van der Waals surface area contributed by atoms with Crippen LogP contribution in [0.3, 0.4) is 0 Å². The molecule has 326 valence electrons. The first-order valence-corrected chi connectivity index (χ1v) is 21.4. The number of nitrogens with zero attached hydrogens (tertiary/aromatic N) is 9. The molecule has 63 heavy (non-hydrogen) atoms. The Morgan fingerprint density at radius 3 is 2.37 bits per heavy atom. The average Bonchev–Trinajstić information content (AvgIpc) is 3.92. The molecule has 9 rings (SSSR count). The molecule has 6 amide bonds. The van der Waals surface area contributed by atoms with E-state index in [4.69, 9.17) is 27.4 Å². The van der Waals surface area contributed by atoms with Crippen LogP contribution >= 0.6 is 11.6 Å². The average molecular weight is 875 g/mol. The van der Waals surface area contributed by atoms with Crippen molar-refractivity contribution in [2.75, 3.05) is 74.5 Å². The first kappa shape index (κ1) is 41.7. The lowest BCUT2D eigenvalue weighted by Crippen LogP contribution is -2.52. The Morgan fingerprint density at radius 2 is 1.65 bits per heavy atom. The van der Waals surface area contributed by atoms with Crippen LogP contribution in [0.2, 0.25) is 5.02 Å². The van der Waals surface area contributed by atoms with Crippen molar-refractivity contribution in [3.63, 3.8) is 0 Å². The van der Waals surface area contributed by atoms with Crippen molar-refractivity contribution in [2.24, 2.45) is 5.73 Å². The van der Waals surface area contributed by atoms with Crippen LogP contribution in [0.1, 0.15) is 57.7 Å². The number of rotatable bonds is 10. The zero-order chi connectivity index (χ0) is 44.0. The van der Waals surface area contributed by atoms with E-state index in [2.05, 4.69) is 43.6 Å². The number of carbonyl (C=O) groups is 5. The lowest BCUT2D eigenvalue weighted by atomic mass is 9.87. The first-order chi connectivity index (χ1) is 30.4. The smallest absolute Gasteiger partial charge is 0.328 e. The molecule has 18 nitrogen and oxygen atoms in total. The molecule has 0 radical (unpaired) electrons. The van der Waals surface area contributed by atoms with Crippen LogP contribution in [-0.4, -0.2) is 134 Å². The van der Waals surface area contributed by atoms with E-state index in [1.54, 1.807) is 30.1 Å². The molecular formula is C44H47ClN12O6. The summed E-state index contributed by atoms with van der Waals surface area (Å²) in [7, 11) is 1.80. The second-order valence-corrected chi connectivity index (χ2v) is 16.8. The van der Waals surface area contributed by atoms with Gasteiger partial charge in [-0.3, -0.25) is 39.3 Å². The fraction of sp³-hybridized carbons (Fsp3) is 0.364. The summed E-state index contributed by atoms with van der Waals surface area (Å²) in [5.41, 5.74) is 11.7.